The lowest BCUT2D eigenvalue weighted by atomic mass is 10.0. The van der Waals surface area contributed by atoms with Crippen molar-refractivity contribution in [3.8, 4) is 0 Å². The van der Waals surface area contributed by atoms with Gasteiger partial charge in [0.2, 0.25) is 0 Å². The first-order valence-corrected chi connectivity index (χ1v) is 8.21. The second kappa shape index (κ2) is 2.95. The number of hydrogen-bond donors (Lipinski definition) is 0. The van der Waals surface area contributed by atoms with Gasteiger partial charge in [0.05, 0.1) is 5.25 Å². The molecule has 2 saturated heterocycles. The summed E-state index contributed by atoms with van der Waals surface area (Å²) in [5.41, 5.74) is 0. The predicted molar refractivity (Wildman–Crippen MR) is 54.9 cm³/mol. The Morgan fingerprint density at radius 3 is 2.53 bits per heavy atom. The van der Waals surface area contributed by atoms with E-state index in [-0.39, 0.29) is 0 Å². The topological polar surface area (TPSA) is 77.5 Å². The van der Waals surface area contributed by atoms with Crippen molar-refractivity contribution < 1.29 is 21.6 Å². The van der Waals surface area contributed by atoms with E-state index < -0.39 is 35.1 Å². The molecule has 0 bridgehead atoms. The Morgan fingerprint density at radius 2 is 2.00 bits per heavy atom. The van der Waals surface area contributed by atoms with Gasteiger partial charge in [-0.2, -0.15) is 0 Å². The minimum Gasteiger partial charge on any atom is -0.374 e. The summed E-state index contributed by atoms with van der Waals surface area (Å²) in [6.45, 7) is 1.70. The maximum absolute atomic E-state index is 11.9. The molecular weight excluding hydrogens is 240 g/mol. The number of hydrogen-bond acceptors (Lipinski definition) is 5. The molecule has 2 fully saturated rings. The Hall–Kier alpha value is -0.140. The van der Waals surface area contributed by atoms with Gasteiger partial charge in [0, 0.05) is 12.9 Å². The lowest BCUT2D eigenvalue weighted by molar-refractivity contribution is -0.00533. The van der Waals surface area contributed by atoms with Crippen molar-refractivity contribution in [2.24, 2.45) is 0 Å². The minimum atomic E-state index is -3.66. The first kappa shape index (κ1) is 11.3. The predicted octanol–water partition coefficient (Wildman–Crippen LogP) is -0.277. The highest BCUT2D eigenvalue weighted by Crippen LogP contribution is 2.49. The van der Waals surface area contributed by atoms with Crippen LogP contribution in [0.3, 0.4) is 0 Å². The van der Waals surface area contributed by atoms with Gasteiger partial charge in [0.15, 0.2) is 23.8 Å². The number of rotatable bonds is 1. The molecule has 0 N–H and O–H groups in total. The van der Waals surface area contributed by atoms with Crippen LogP contribution >= 0.6 is 0 Å². The van der Waals surface area contributed by atoms with E-state index in [1.54, 1.807) is 0 Å². The summed E-state index contributed by atoms with van der Waals surface area (Å²) in [6.07, 6.45) is 1.48. The molecule has 0 aromatic heterocycles. The second-order valence-electron chi connectivity index (χ2n) is 4.31. The molecule has 15 heavy (non-hydrogen) atoms. The third-order valence-electron chi connectivity index (χ3n) is 3.48. The lowest BCUT2D eigenvalue weighted by Gasteiger charge is -2.52. The molecule has 0 unspecified atom stereocenters. The molecule has 88 valence electrons. The van der Waals surface area contributed by atoms with Crippen LogP contribution < -0.4 is 0 Å². The monoisotopic (exact) mass is 254 g/mol. The highest BCUT2D eigenvalue weighted by molar-refractivity contribution is 8.11. The Morgan fingerprint density at radius 1 is 1.40 bits per heavy atom. The van der Waals surface area contributed by atoms with E-state index in [0.29, 0.717) is 19.4 Å². The van der Waals surface area contributed by atoms with E-state index in [0.717, 1.165) is 6.26 Å². The van der Waals surface area contributed by atoms with E-state index in [4.69, 9.17) is 4.74 Å². The molecule has 3 atom stereocenters. The summed E-state index contributed by atoms with van der Waals surface area (Å²) < 4.78 is 50.4. The number of ether oxygens (including phenoxy) is 1. The van der Waals surface area contributed by atoms with Crippen LogP contribution in [0.25, 0.3) is 0 Å². The zero-order chi connectivity index (χ0) is 11.5. The van der Waals surface area contributed by atoms with E-state index in [2.05, 4.69) is 0 Å². The van der Waals surface area contributed by atoms with Crippen LogP contribution in [-0.4, -0.2) is 45.1 Å². The Labute approximate surface area is 89.6 Å². The van der Waals surface area contributed by atoms with Gasteiger partial charge in [0.25, 0.3) is 0 Å². The number of sulfone groups is 2. The Bertz CT molecular complexity index is 477. The molecule has 5 nitrogen and oxygen atoms in total. The van der Waals surface area contributed by atoms with E-state index in [1.165, 1.54) is 6.92 Å². The summed E-state index contributed by atoms with van der Waals surface area (Å²) in [5, 5.41) is -0.619. The molecule has 0 radical (unpaired) electrons. The van der Waals surface area contributed by atoms with Crippen LogP contribution in [0.4, 0.5) is 0 Å². The molecule has 2 rings (SSSR count). The van der Waals surface area contributed by atoms with Crippen molar-refractivity contribution in [2.45, 2.75) is 35.2 Å². The average Bonchev–Trinajstić information content (AvgIpc) is 2.15. The van der Waals surface area contributed by atoms with E-state index in [9.17, 15) is 16.8 Å². The summed E-state index contributed by atoms with van der Waals surface area (Å²) in [6, 6.07) is 0. The summed E-state index contributed by atoms with van der Waals surface area (Å²) in [5.74, 6) is 0. The number of fused-ring (bicyclic) bond motifs is 1. The van der Waals surface area contributed by atoms with Gasteiger partial charge < -0.3 is 4.74 Å². The highest BCUT2D eigenvalue weighted by Gasteiger charge is 2.71. The minimum absolute atomic E-state index is 0.446. The normalized spacial score (nSPS) is 44.1. The molecular formula is C8H14O5S2. The van der Waals surface area contributed by atoms with Gasteiger partial charge in [-0.3, -0.25) is 0 Å². The largest absolute Gasteiger partial charge is 0.374 e. The van der Waals surface area contributed by atoms with Crippen LogP contribution in [0.5, 0.6) is 0 Å². The molecule has 0 aromatic rings. The van der Waals surface area contributed by atoms with Crippen molar-refractivity contribution in [2.75, 3.05) is 12.9 Å². The highest BCUT2D eigenvalue weighted by atomic mass is 32.3. The molecule has 0 aromatic carbocycles. The molecule has 0 aliphatic carbocycles. The van der Waals surface area contributed by atoms with E-state index in [1.807, 2.05) is 0 Å². The third kappa shape index (κ3) is 1.17. The van der Waals surface area contributed by atoms with Crippen LogP contribution in [0.2, 0.25) is 0 Å². The third-order valence-corrected chi connectivity index (χ3v) is 9.44. The maximum Gasteiger partial charge on any atom is 0.197 e. The molecule has 2 heterocycles. The SMILES string of the molecule is C[C@]1(S(C)(=O)=O)[C@@H]2OCCC[C@H]2S1(=O)=O. The van der Waals surface area contributed by atoms with Crippen LogP contribution in [0.15, 0.2) is 0 Å². The zero-order valence-electron chi connectivity index (χ0n) is 8.63. The molecule has 0 amide bonds. The Balaban J connectivity index is 2.51. The van der Waals surface area contributed by atoms with Crippen molar-refractivity contribution in [1.82, 2.24) is 0 Å². The second-order valence-corrected chi connectivity index (χ2v) is 9.50. The van der Waals surface area contributed by atoms with E-state index >= 15 is 0 Å². The first-order chi connectivity index (χ1) is 6.73. The molecule has 2 aliphatic rings. The molecule has 0 spiro atoms. The first-order valence-electron chi connectivity index (χ1n) is 4.77. The standard InChI is InChI=1S/C8H14O5S2/c1-8(14(2,9)10)7-6(15(8,11)12)4-3-5-13-7/h6-7H,3-5H2,1-2H3/t6-,7-,8-/m1/s1. The average molecular weight is 254 g/mol. The van der Waals surface area contributed by atoms with Gasteiger partial charge in [-0.1, -0.05) is 0 Å². The molecule has 0 saturated carbocycles. The van der Waals surface area contributed by atoms with Gasteiger partial charge >= 0.3 is 0 Å². The lowest BCUT2D eigenvalue weighted by Crippen LogP contribution is -2.73. The summed E-state index contributed by atoms with van der Waals surface area (Å²) in [4.78, 5) is 0. The van der Waals surface area contributed by atoms with Gasteiger partial charge in [-0.15, -0.1) is 0 Å². The quantitative estimate of drug-likeness (QED) is 0.643. The zero-order valence-corrected chi connectivity index (χ0v) is 10.3. The Kier molecular flexibility index (Phi) is 2.23. The maximum atomic E-state index is 11.9. The molecule has 2 aliphatic heterocycles. The molecule has 7 heteroatoms. The van der Waals surface area contributed by atoms with Gasteiger partial charge in [-0.25, -0.2) is 16.8 Å². The summed E-state index contributed by atoms with van der Waals surface area (Å²) >= 11 is 0. The van der Waals surface area contributed by atoms with Crippen LogP contribution in [0.1, 0.15) is 19.8 Å². The van der Waals surface area contributed by atoms with Crippen molar-refractivity contribution in [3.05, 3.63) is 0 Å². The fourth-order valence-corrected chi connectivity index (χ4v) is 7.26. The van der Waals surface area contributed by atoms with Crippen LogP contribution in [-0.2, 0) is 24.4 Å². The fourth-order valence-electron chi connectivity index (χ4n) is 2.37. The van der Waals surface area contributed by atoms with Crippen molar-refractivity contribution in [1.29, 1.82) is 0 Å². The van der Waals surface area contributed by atoms with Gasteiger partial charge in [0.1, 0.15) is 6.10 Å². The van der Waals surface area contributed by atoms with Gasteiger partial charge in [-0.05, 0) is 19.8 Å². The van der Waals surface area contributed by atoms with Crippen molar-refractivity contribution in [3.63, 3.8) is 0 Å². The summed E-state index contributed by atoms with van der Waals surface area (Å²) in [7, 11) is -7.25. The fraction of sp³-hybridized carbons (Fsp3) is 1.00. The van der Waals surface area contributed by atoms with Crippen molar-refractivity contribution >= 4 is 19.7 Å². The van der Waals surface area contributed by atoms with Crippen LogP contribution in [0, 0.1) is 0 Å². The smallest absolute Gasteiger partial charge is 0.197 e.